The Morgan fingerprint density at radius 1 is 1.54 bits per heavy atom. The minimum absolute atomic E-state index is 0.226. The van der Waals surface area contributed by atoms with Gasteiger partial charge in [-0.15, -0.1) is 0 Å². The Labute approximate surface area is 75.6 Å². The topological polar surface area (TPSA) is 50.1 Å². The number of nitrogens with zero attached hydrogens (tertiary/aromatic N) is 1. The minimum Gasteiger partial charge on any atom is -0.454 e. The molecule has 1 aromatic rings. The number of hydrogen-bond donors (Lipinski definition) is 0. The fourth-order valence-electron chi connectivity index (χ4n) is 1.44. The van der Waals surface area contributed by atoms with Gasteiger partial charge in [0.25, 0.3) is 0 Å². The quantitative estimate of drug-likeness (QED) is 0.562. The van der Waals surface area contributed by atoms with Gasteiger partial charge in [0.05, 0.1) is 17.2 Å². The van der Waals surface area contributed by atoms with E-state index in [1.165, 1.54) is 0 Å². The van der Waals surface area contributed by atoms with Crippen LogP contribution in [0.4, 0.5) is 0 Å². The average molecular weight is 173 g/mol. The van der Waals surface area contributed by atoms with E-state index in [-0.39, 0.29) is 12.1 Å². The van der Waals surface area contributed by atoms with Crippen molar-refractivity contribution in [2.45, 2.75) is 13.0 Å². The Hall–Kier alpha value is -1.82. The van der Waals surface area contributed by atoms with Crippen molar-refractivity contribution in [1.82, 2.24) is 0 Å². The summed E-state index contributed by atoms with van der Waals surface area (Å²) in [6.07, 6.45) is -0.226. The highest BCUT2D eigenvalue weighted by Crippen LogP contribution is 2.30. The summed E-state index contributed by atoms with van der Waals surface area (Å²) in [6.45, 7) is 1.80. The fraction of sp³-hybridized carbons (Fsp3) is 0.200. The number of benzene rings is 1. The molecule has 0 saturated heterocycles. The zero-order chi connectivity index (χ0) is 9.42. The van der Waals surface area contributed by atoms with E-state index in [0.29, 0.717) is 11.1 Å². The molecule has 0 N–H and O–H groups in total. The zero-order valence-electron chi connectivity index (χ0n) is 7.07. The van der Waals surface area contributed by atoms with E-state index >= 15 is 0 Å². The van der Waals surface area contributed by atoms with Crippen molar-refractivity contribution in [3.63, 3.8) is 0 Å². The van der Waals surface area contributed by atoms with Crippen molar-refractivity contribution in [3.8, 4) is 6.07 Å². The zero-order valence-corrected chi connectivity index (χ0v) is 7.07. The molecule has 0 aliphatic carbocycles. The summed E-state index contributed by atoms with van der Waals surface area (Å²) >= 11 is 0. The van der Waals surface area contributed by atoms with Crippen LogP contribution in [0.15, 0.2) is 18.2 Å². The Morgan fingerprint density at radius 3 is 3.00 bits per heavy atom. The van der Waals surface area contributed by atoms with E-state index in [9.17, 15) is 4.79 Å². The van der Waals surface area contributed by atoms with Crippen molar-refractivity contribution in [2.24, 2.45) is 0 Å². The highest BCUT2D eigenvalue weighted by Gasteiger charge is 2.27. The monoisotopic (exact) mass is 173 g/mol. The van der Waals surface area contributed by atoms with Crippen LogP contribution in [0.5, 0.6) is 0 Å². The summed E-state index contributed by atoms with van der Waals surface area (Å²) in [4.78, 5) is 11.2. The van der Waals surface area contributed by atoms with Crippen molar-refractivity contribution in [2.75, 3.05) is 0 Å². The van der Waals surface area contributed by atoms with Gasteiger partial charge in [-0.05, 0) is 25.1 Å². The molecule has 3 nitrogen and oxygen atoms in total. The third-order valence-corrected chi connectivity index (χ3v) is 2.12. The summed E-state index contributed by atoms with van der Waals surface area (Å²) < 4.78 is 4.98. The molecule has 0 spiro atoms. The first-order valence-electron chi connectivity index (χ1n) is 3.97. The van der Waals surface area contributed by atoms with Crippen molar-refractivity contribution in [1.29, 1.82) is 5.26 Å². The number of carbonyl (C=O) groups is 1. The molecule has 0 bridgehead atoms. The molecular formula is C10H7NO2. The van der Waals surface area contributed by atoms with Gasteiger partial charge >= 0.3 is 5.97 Å². The van der Waals surface area contributed by atoms with Gasteiger partial charge in [-0.1, -0.05) is 0 Å². The van der Waals surface area contributed by atoms with Gasteiger partial charge in [0.15, 0.2) is 0 Å². The lowest BCUT2D eigenvalue weighted by Gasteiger charge is -2.01. The van der Waals surface area contributed by atoms with Crippen LogP contribution in [-0.4, -0.2) is 5.97 Å². The predicted octanol–water partition coefficient (Wildman–Crippen LogP) is 1.79. The first-order chi connectivity index (χ1) is 6.22. The molecular weight excluding hydrogens is 166 g/mol. The molecule has 0 aromatic heterocycles. The molecule has 3 heteroatoms. The summed E-state index contributed by atoms with van der Waals surface area (Å²) in [5.74, 6) is -0.299. The van der Waals surface area contributed by atoms with E-state index in [4.69, 9.17) is 10.00 Å². The lowest BCUT2D eigenvalue weighted by molar-refractivity contribution is 0.0422. The smallest absolute Gasteiger partial charge is 0.339 e. The highest BCUT2D eigenvalue weighted by molar-refractivity contribution is 5.94. The van der Waals surface area contributed by atoms with E-state index in [1.807, 2.05) is 6.07 Å². The first kappa shape index (κ1) is 7.81. The van der Waals surface area contributed by atoms with Crippen LogP contribution in [0.2, 0.25) is 0 Å². The first-order valence-corrected chi connectivity index (χ1v) is 3.97. The van der Waals surface area contributed by atoms with Crippen LogP contribution in [0.25, 0.3) is 0 Å². The predicted molar refractivity (Wildman–Crippen MR) is 45.0 cm³/mol. The maximum Gasteiger partial charge on any atom is 0.339 e. The molecule has 0 amide bonds. The number of carbonyl (C=O) groups excluding carboxylic acids is 1. The van der Waals surface area contributed by atoms with Crippen LogP contribution in [0.3, 0.4) is 0 Å². The molecule has 1 unspecified atom stereocenters. The summed E-state index contributed by atoms with van der Waals surface area (Å²) in [7, 11) is 0. The van der Waals surface area contributed by atoms with Crippen LogP contribution in [0, 0.1) is 11.3 Å². The van der Waals surface area contributed by atoms with Gasteiger partial charge < -0.3 is 4.74 Å². The molecule has 1 heterocycles. The largest absolute Gasteiger partial charge is 0.454 e. The second kappa shape index (κ2) is 2.60. The molecule has 1 aliphatic rings. The number of rotatable bonds is 0. The van der Waals surface area contributed by atoms with Crippen LogP contribution >= 0.6 is 0 Å². The van der Waals surface area contributed by atoms with Crippen LogP contribution < -0.4 is 0 Å². The number of cyclic esters (lactones) is 1. The molecule has 2 rings (SSSR count). The third-order valence-electron chi connectivity index (χ3n) is 2.12. The number of esters is 1. The Bertz CT molecular complexity index is 417. The molecule has 0 saturated carbocycles. The molecule has 1 atom stereocenters. The molecule has 64 valence electrons. The highest BCUT2D eigenvalue weighted by atomic mass is 16.5. The maximum absolute atomic E-state index is 11.2. The second-order valence-electron chi connectivity index (χ2n) is 2.96. The average Bonchev–Trinajstić information content (AvgIpc) is 2.42. The molecule has 1 aromatic carbocycles. The van der Waals surface area contributed by atoms with Crippen molar-refractivity contribution < 1.29 is 9.53 Å². The van der Waals surface area contributed by atoms with E-state index in [0.717, 1.165) is 5.56 Å². The van der Waals surface area contributed by atoms with Gasteiger partial charge in [-0.25, -0.2) is 4.79 Å². The number of hydrogen-bond acceptors (Lipinski definition) is 3. The van der Waals surface area contributed by atoms with Gasteiger partial charge in [0.2, 0.25) is 0 Å². The van der Waals surface area contributed by atoms with Crippen molar-refractivity contribution in [3.05, 3.63) is 34.9 Å². The Kier molecular flexibility index (Phi) is 1.56. The van der Waals surface area contributed by atoms with Crippen molar-refractivity contribution >= 4 is 5.97 Å². The fourth-order valence-corrected chi connectivity index (χ4v) is 1.44. The molecule has 13 heavy (non-hydrogen) atoms. The summed E-state index contributed by atoms with van der Waals surface area (Å²) in [5.41, 5.74) is 1.94. The third kappa shape index (κ3) is 1.07. The van der Waals surface area contributed by atoms with Gasteiger partial charge in [0, 0.05) is 5.56 Å². The van der Waals surface area contributed by atoms with E-state index in [1.54, 1.807) is 25.1 Å². The molecule has 0 fully saturated rings. The SMILES string of the molecule is CC1OC(=O)c2ccc(C#N)cc21. The number of fused-ring (bicyclic) bond motifs is 1. The van der Waals surface area contributed by atoms with Crippen LogP contribution in [0.1, 0.15) is 34.5 Å². The van der Waals surface area contributed by atoms with Gasteiger partial charge in [0.1, 0.15) is 6.10 Å². The lowest BCUT2D eigenvalue weighted by Crippen LogP contribution is -1.93. The summed E-state index contributed by atoms with van der Waals surface area (Å²) in [6, 6.07) is 6.99. The van der Waals surface area contributed by atoms with E-state index in [2.05, 4.69) is 0 Å². The molecule has 1 aliphatic heterocycles. The second-order valence-corrected chi connectivity index (χ2v) is 2.96. The lowest BCUT2D eigenvalue weighted by atomic mass is 10.0. The number of nitriles is 1. The van der Waals surface area contributed by atoms with Gasteiger partial charge in [-0.2, -0.15) is 5.26 Å². The minimum atomic E-state index is -0.299. The Balaban J connectivity index is 2.60. The normalized spacial score (nSPS) is 19.1. The van der Waals surface area contributed by atoms with E-state index < -0.39 is 0 Å². The molecule has 0 radical (unpaired) electrons. The maximum atomic E-state index is 11.2. The number of ether oxygens (including phenoxy) is 1. The Morgan fingerprint density at radius 2 is 2.31 bits per heavy atom. The van der Waals surface area contributed by atoms with Crippen LogP contribution in [-0.2, 0) is 4.74 Å². The standard InChI is InChI=1S/C10H7NO2/c1-6-9-4-7(5-11)2-3-8(9)10(12)13-6/h2-4,6H,1H3. The van der Waals surface area contributed by atoms with Gasteiger partial charge in [-0.3, -0.25) is 0 Å². The summed E-state index contributed by atoms with van der Waals surface area (Å²) in [5, 5.41) is 8.65.